The van der Waals surface area contributed by atoms with E-state index in [1.807, 2.05) is 20.8 Å². The summed E-state index contributed by atoms with van der Waals surface area (Å²) in [6, 6.07) is 0. The van der Waals surface area contributed by atoms with Gasteiger partial charge in [-0.2, -0.15) is 0 Å². The summed E-state index contributed by atoms with van der Waals surface area (Å²) in [7, 11) is 0. The average molecular weight is 199 g/mol. The van der Waals surface area contributed by atoms with Crippen LogP contribution in [0.2, 0.25) is 0 Å². The Hall–Kier alpha value is -0.570. The number of esters is 1. The molecule has 1 rings (SSSR count). The van der Waals surface area contributed by atoms with Gasteiger partial charge in [0.2, 0.25) is 0 Å². The lowest BCUT2D eigenvalue weighted by molar-refractivity contribution is -0.152. The Balaban J connectivity index is 2.48. The van der Waals surface area contributed by atoms with Crippen molar-refractivity contribution in [3.8, 4) is 0 Å². The third-order valence-electron chi connectivity index (χ3n) is 2.79. The van der Waals surface area contributed by atoms with Gasteiger partial charge >= 0.3 is 5.97 Å². The van der Waals surface area contributed by atoms with Gasteiger partial charge in [-0.05, 0) is 31.7 Å². The summed E-state index contributed by atoms with van der Waals surface area (Å²) < 4.78 is 5.28. The Morgan fingerprint density at radius 3 is 2.71 bits per heavy atom. The first-order chi connectivity index (χ1) is 6.60. The lowest BCUT2D eigenvalue weighted by Crippen LogP contribution is -2.48. The summed E-state index contributed by atoms with van der Waals surface area (Å²) in [6.45, 7) is 7.60. The zero-order chi connectivity index (χ0) is 10.6. The first-order valence-electron chi connectivity index (χ1n) is 5.53. The smallest absolute Gasteiger partial charge is 0.326 e. The Morgan fingerprint density at radius 2 is 2.29 bits per heavy atom. The Bertz CT molecular complexity index is 195. The molecular formula is C11H21NO2. The molecule has 0 bridgehead atoms. The topological polar surface area (TPSA) is 38.3 Å². The summed E-state index contributed by atoms with van der Waals surface area (Å²) >= 11 is 0. The van der Waals surface area contributed by atoms with E-state index < -0.39 is 0 Å². The van der Waals surface area contributed by atoms with Gasteiger partial charge in [-0.1, -0.05) is 20.8 Å². The monoisotopic (exact) mass is 199 g/mol. The molecule has 3 heteroatoms. The van der Waals surface area contributed by atoms with E-state index in [1.165, 1.54) is 0 Å². The molecular weight excluding hydrogens is 178 g/mol. The minimum atomic E-state index is -0.380. The van der Waals surface area contributed by atoms with Crippen molar-refractivity contribution in [2.24, 2.45) is 5.92 Å². The molecule has 1 fully saturated rings. The van der Waals surface area contributed by atoms with Gasteiger partial charge in [0.25, 0.3) is 0 Å². The molecule has 3 nitrogen and oxygen atoms in total. The fourth-order valence-electron chi connectivity index (χ4n) is 1.81. The van der Waals surface area contributed by atoms with Gasteiger partial charge in [0.15, 0.2) is 0 Å². The largest absolute Gasteiger partial charge is 0.464 e. The highest BCUT2D eigenvalue weighted by Gasteiger charge is 2.40. The maximum Gasteiger partial charge on any atom is 0.326 e. The second-order valence-corrected chi connectivity index (χ2v) is 4.46. The molecule has 1 heterocycles. The van der Waals surface area contributed by atoms with E-state index >= 15 is 0 Å². The number of rotatable bonds is 4. The Morgan fingerprint density at radius 1 is 1.57 bits per heavy atom. The Kier molecular flexibility index (Phi) is 3.93. The zero-order valence-corrected chi connectivity index (χ0v) is 9.43. The van der Waals surface area contributed by atoms with E-state index in [4.69, 9.17) is 4.74 Å². The second kappa shape index (κ2) is 4.78. The van der Waals surface area contributed by atoms with Crippen LogP contribution < -0.4 is 5.32 Å². The second-order valence-electron chi connectivity index (χ2n) is 4.46. The predicted octanol–water partition coefficient (Wildman–Crippen LogP) is 1.72. The van der Waals surface area contributed by atoms with Crippen molar-refractivity contribution in [2.75, 3.05) is 13.2 Å². The van der Waals surface area contributed by atoms with Gasteiger partial charge in [-0.25, -0.2) is 0 Å². The van der Waals surface area contributed by atoms with Crippen LogP contribution in [0.5, 0.6) is 0 Å². The number of carbonyl (C=O) groups is 1. The molecule has 1 aliphatic rings. The van der Waals surface area contributed by atoms with Crippen LogP contribution in [0.3, 0.4) is 0 Å². The van der Waals surface area contributed by atoms with Gasteiger partial charge in [0.05, 0.1) is 6.61 Å². The molecule has 82 valence electrons. The van der Waals surface area contributed by atoms with Crippen LogP contribution in [0.25, 0.3) is 0 Å². The SMILES string of the molecule is CCC1(C(=O)OCC(C)C)CCCN1. The van der Waals surface area contributed by atoms with E-state index in [2.05, 4.69) is 5.32 Å². The molecule has 14 heavy (non-hydrogen) atoms. The predicted molar refractivity (Wildman–Crippen MR) is 56.1 cm³/mol. The highest BCUT2D eigenvalue weighted by Crippen LogP contribution is 2.24. The van der Waals surface area contributed by atoms with Crippen molar-refractivity contribution >= 4 is 5.97 Å². The van der Waals surface area contributed by atoms with Crippen molar-refractivity contribution < 1.29 is 9.53 Å². The summed E-state index contributed by atoms with van der Waals surface area (Å²) in [5, 5.41) is 3.27. The summed E-state index contributed by atoms with van der Waals surface area (Å²) in [6.07, 6.45) is 2.81. The van der Waals surface area contributed by atoms with E-state index in [0.29, 0.717) is 12.5 Å². The van der Waals surface area contributed by atoms with E-state index in [0.717, 1.165) is 25.8 Å². The molecule has 1 saturated heterocycles. The van der Waals surface area contributed by atoms with Crippen LogP contribution in [-0.2, 0) is 9.53 Å². The number of carbonyl (C=O) groups excluding carboxylic acids is 1. The lowest BCUT2D eigenvalue weighted by atomic mass is 9.94. The Labute approximate surface area is 86.2 Å². The first-order valence-corrected chi connectivity index (χ1v) is 5.53. The highest BCUT2D eigenvalue weighted by molar-refractivity contribution is 5.81. The van der Waals surface area contributed by atoms with Crippen molar-refractivity contribution in [1.82, 2.24) is 5.32 Å². The molecule has 1 unspecified atom stereocenters. The summed E-state index contributed by atoms with van der Waals surface area (Å²) in [4.78, 5) is 11.8. The lowest BCUT2D eigenvalue weighted by Gasteiger charge is -2.25. The van der Waals surface area contributed by atoms with Crippen LogP contribution in [0.4, 0.5) is 0 Å². The fourth-order valence-corrected chi connectivity index (χ4v) is 1.81. The summed E-state index contributed by atoms with van der Waals surface area (Å²) in [5.74, 6) is 0.348. The molecule has 0 radical (unpaired) electrons. The molecule has 0 aliphatic carbocycles. The number of ether oxygens (including phenoxy) is 1. The molecule has 0 aromatic carbocycles. The molecule has 0 aromatic rings. The number of hydrogen-bond donors (Lipinski definition) is 1. The zero-order valence-electron chi connectivity index (χ0n) is 9.43. The van der Waals surface area contributed by atoms with Crippen LogP contribution in [0.15, 0.2) is 0 Å². The standard InChI is InChI=1S/C11H21NO2/c1-4-11(6-5-7-12-11)10(13)14-8-9(2)3/h9,12H,4-8H2,1-3H3. The maximum atomic E-state index is 11.8. The quantitative estimate of drug-likeness (QED) is 0.701. The number of hydrogen-bond acceptors (Lipinski definition) is 3. The maximum absolute atomic E-state index is 11.8. The first kappa shape index (κ1) is 11.5. The van der Waals surface area contributed by atoms with E-state index in [9.17, 15) is 4.79 Å². The highest BCUT2D eigenvalue weighted by atomic mass is 16.5. The summed E-state index contributed by atoms with van der Waals surface area (Å²) in [5.41, 5.74) is -0.380. The van der Waals surface area contributed by atoms with E-state index in [-0.39, 0.29) is 11.5 Å². The minimum absolute atomic E-state index is 0.0637. The van der Waals surface area contributed by atoms with Crippen molar-refractivity contribution in [2.45, 2.75) is 45.6 Å². The van der Waals surface area contributed by atoms with Crippen molar-refractivity contribution in [3.63, 3.8) is 0 Å². The average Bonchev–Trinajstić information content (AvgIpc) is 2.63. The van der Waals surface area contributed by atoms with Crippen molar-refractivity contribution in [1.29, 1.82) is 0 Å². The normalized spacial score (nSPS) is 26.9. The fraction of sp³-hybridized carbons (Fsp3) is 0.909. The third-order valence-corrected chi connectivity index (χ3v) is 2.79. The van der Waals surface area contributed by atoms with Gasteiger partial charge in [0.1, 0.15) is 5.54 Å². The molecule has 1 N–H and O–H groups in total. The molecule has 0 amide bonds. The molecule has 0 saturated carbocycles. The van der Waals surface area contributed by atoms with Gasteiger partial charge < -0.3 is 10.1 Å². The molecule has 0 spiro atoms. The van der Waals surface area contributed by atoms with Crippen LogP contribution in [0.1, 0.15) is 40.0 Å². The minimum Gasteiger partial charge on any atom is -0.464 e. The third kappa shape index (κ3) is 2.47. The van der Waals surface area contributed by atoms with Gasteiger partial charge in [0, 0.05) is 0 Å². The van der Waals surface area contributed by atoms with Gasteiger partial charge in [-0.3, -0.25) is 4.79 Å². The number of nitrogens with one attached hydrogen (secondary N) is 1. The van der Waals surface area contributed by atoms with Gasteiger partial charge in [-0.15, -0.1) is 0 Å². The van der Waals surface area contributed by atoms with Crippen molar-refractivity contribution in [3.05, 3.63) is 0 Å². The van der Waals surface area contributed by atoms with Crippen LogP contribution >= 0.6 is 0 Å². The molecule has 1 aliphatic heterocycles. The van der Waals surface area contributed by atoms with E-state index in [1.54, 1.807) is 0 Å². The molecule has 1 atom stereocenters. The van der Waals surface area contributed by atoms with Crippen LogP contribution in [0, 0.1) is 5.92 Å². The van der Waals surface area contributed by atoms with Crippen LogP contribution in [-0.4, -0.2) is 24.7 Å². The molecule has 0 aromatic heterocycles.